The molecule has 0 fully saturated rings. The van der Waals surface area contributed by atoms with E-state index in [9.17, 15) is 4.79 Å². The topological polar surface area (TPSA) is 26.3 Å². The molecule has 0 aliphatic rings. The quantitative estimate of drug-likeness (QED) is 0.600. The van der Waals surface area contributed by atoms with Gasteiger partial charge in [-0.3, -0.25) is 4.79 Å². The number of hydrogen-bond acceptors (Lipinski definition) is 2. The van der Waals surface area contributed by atoms with E-state index >= 15 is 0 Å². The highest BCUT2D eigenvalue weighted by molar-refractivity contribution is 6.18. The molecule has 0 heterocycles. The number of ether oxygens (including phenoxy) is 1. The zero-order chi connectivity index (χ0) is 13.0. The van der Waals surface area contributed by atoms with Crippen molar-refractivity contribution in [1.82, 2.24) is 0 Å². The Hall–Kier alpha value is -1.54. The monoisotopic (exact) mass is 262 g/mol. The van der Waals surface area contributed by atoms with Gasteiger partial charge in [0.15, 0.2) is 5.78 Å². The third-order valence-electron chi connectivity index (χ3n) is 2.91. The van der Waals surface area contributed by atoms with Crippen LogP contribution < -0.4 is 4.74 Å². The maximum absolute atomic E-state index is 11.9. The first-order chi connectivity index (χ1) is 8.74. The van der Waals surface area contributed by atoms with E-state index in [-0.39, 0.29) is 5.78 Å². The van der Waals surface area contributed by atoms with Gasteiger partial charge in [0.25, 0.3) is 0 Å². The van der Waals surface area contributed by atoms with Crippen LogP contribution in [0.2, 0.25) is 0 Å². The summed E-state index contributed by atoms with van der Waals surface area (Å²) < 4.78 is 5.17. The van der Waals surface area contributed by atoms with Crippen molar-refractivity contribution in [1.29, 1.82) is 0 Å². The number of rotatable bonds is 5. The summed E-state index contributed by atoms with van der Waals surface area (Å²) in [6, 6.07) is 11.6. The third kappa shape index (κ3) is 2.82. The second kappa shape index (κ2) is 5.87. The van der Waals surface area contributed by atoms with Crippen LogP contribution in [0.4, 0.5) is 0 Å². The molecule has 2 rings (SSSR count). The molecule has 0 aliphatic heterocycles. The highest BCUT2D eigenvalue weighted by Gasteiger charge is 2.06. The zero-order valence-electron chi connectivity index (χ0n) is 10.3. The molecule has 0 saturated heterocycles. The summed E-state index contributed by atoms with van der Waals surface area (Å²) >= 11 is 5.60. The Morgan fingerprint density at radius 1 is 1.17 bits per heavy atom. The molecule has 0 amide bonds. The predicted octanol–water partition coefficient (Wildman–Crippen LogP) is 4.05. The number of benzene rings is 2. The molecule has 2 aromatic carbocycles. The van der Waals surface area contributed by atoms with Gasteiger partial charge < -0.3 is 4.74 Å². The number of ketones is 1. The lowest BCUT2D eigenvalue weighted by Gasteiger charge is -2.05. The van der Waals surface area contributed by atoms with Crippen molar-refractivity contribution in [3.63, 3.8) is 0 Å². The van der Waals surface area contributed by atoms with Crippen molar-refractivity contribution in [2.75, 3.05) is 13.0 Å². The average Bonchev–Trinajstić information content (AvgIpc) is 2.43. The van der Waals surface area contributed by atoms with E-state index in [0.29, 0.717) is 12.3 Å². The number of carbonyl (C=O) groups excluding carboxylic acids is 1. The summed E-state index contributed by atoms with van der Waals surface area (Å²) in [4.78, 5) is 11.9. The Morgan fingerprint density at radius 3 is 2.61 bits per heavy atom. The molecule has 0 bridgehead atoms. The van der Waals surface area contributed by atoms with Gasteiger partial charge in [0.2, 0.25) is 0 Å². The smallest absolute Gasteiger partial charge is 0.162 e. The normalized spacial score (nSPS) is 10.6. The van der Waals surface area contributed by atoms with Crippen LogP contribution in [0.5, 0.6) is 5.75 Å². The summed E-state index contributed by atoms with van der Waals surface area (Å²) in [5.74, 6) is 1.49. The van der Waals surface area contributed by atoms with Crippen LogP contribution in [0.3, 0.4) is 0 Å². The van der Waals surface area contributed by atoms with Crippen LogP contribution in [-0.2, 0) is 0 Å². The van der Waals surface area contributed by atoms with Gasteiger partial charge in [0.1, 0.15) is 5.75 Å². The van der Waals surface area contributed by atoms with E-state index in [2.05, 4.69) is 0 Å². The minimum absolute atomic E-state index is 0.147. The summed E-state index contributed by atoms with van der Waals surface area (Å²) in [5, 5.41) is 2.12. The van der Waals surface area contributed by atoms with Crippen LogP contribution in [0, 0.1) is 0 Å². The van der Waals surface area contributed by atoms with Crippen molar-refractivity contribution >= 4 is 28.2 Å². The first-order valence-electron chi connectivity index (χ1n) is 5.91. The van der Waals surface area contributed by atoms with Gasteiger partial charge in [0, 0.05) is 17.9 Å². The number of halogens is 1. The molecule has 0 aromatic heterocycles. The second-order valence-electron chi connectivity index (χ2n) is 4.14. The molecule has 0 saturated carbocycles. The fraction of sp³-hybridized carbons (Fsp3) is 0.267. The molecule has 3 heteroatoms. The standard InChI is InChI=1S/C15H15ClO2/c1-18-14-7-6-11-9-13(5-4-12(11)10-14)15(17)3-2-8-16/h4-7,9-10H,2-3,8H2,1H3. The summed E-state index contributed by atoms with van der Waals surface area (Å²) in [7, 11) is 1.64. The Balaban J connectivity index is 2.30. The minimum Gasteiger partial charge on any atom is -0.497 e. The van der Waals surface area contributed by atoms with E-state index < -0.39 is 0 Å². The maximum atomic E-state index is 11.9. The number of carbonyl (C=O) groups is 1. The minimum atomic E-state index is 0.147. The lowest BCUT2D eigenvalue weighted by atomic mass is 10.0. The molecule has 0 unspecified atom stereocenters. The Labute approximate surface area is 112 Å². The molecule has 94 valence electrons. The Bertz CT molecular complexity index is 563. The lowest BCUT2D eigenvalue weighted by molar-refractivity contribution is 0.0982. The van der Waals surface area contributed by atoms with E-state index in [0.717, 1.165) is 28.5 Å². The van der Waals surface area contributed by atoms with Crippen LogP contribution in [0.15, 0.2) is 36.4 Å². The molecule has 0 aliphatic carbocycles. The van der Waals surface area contributed by atoms with E-state index in [1.54, 1.807) is 7.11 Å². The molecule has 0 radical (unpaired) electrons. The zero-order valence-corrected chi connectivity index (χ0v) is 11.0. The van der Waals surface area contributed by atoms with Crippen molar-refractivity contribution in [3.05, 3.63) is 42.0 Å². The Kier molecular flexibility index (Phi) is 4.21. The van der Waals surface area contributed by atoms with Gasteiger partial charge in [0.05, 0.1) is 7.11 Å². The largest absolute Gasteiger partial charge is 0.497 e. The first kappa shape index (κ1) is 12.9. The van der Waals surface area contributed by atoms with Crippen LogP contribution >= 0.6 is 11.6 Å². The van der Waals surface area contributed by atoms with Crippen molar-refractivity contribution in [2.45, 2.75) is 12.8 Å². The summed E-state index contributed by atoms with van der Waals surface area (Å²) in [6.45, 7) is 0. The van der Waals surface area contributed by atoms with Crippen molar-refractivity contribution < 1.29 is 9.53 Å². The second-order valence-corrected chi connectivity index (χ2v) is 4.52. The van der Waals surface area contributed by atoms with Gasteiger partial charge in [-0.15, -0.1) is 11.6 Å². The molecule has 0 N–H and O–H groups in total. The number of hydrogen-bond donors (Lipinski definition) is 0. The maximum Gasteiger partial charge on any atom is 0.162 e. The SMILES string of the molecule is COc1ccc2cc(C(=O)CCCCl)ccc2c1. The number of methoxy groups -OCH3 is 1. The van der Waals surface area contributed by atoms with Gasteiger partial charge in [-0.2, -0.15) is 0 Å². The molecular formula is C15H15ClO2. The van der Waals surface area contributed by atoms with Crippen molar-refractivity contribution in [2.24, 2.45) is 0 Å². The predicted molar refractivity (Wildman–Crippen MR) is 74.8 cm³/mol. The van der Waals surface area contributed by atoms with E-state index in [4.69, 9.17) is 16.3 Å². The van der Waals surface area contributed by atoms with Crippen LogP contribution in [0.1, 0.15) is 23.2 Å². The molecule has 18 heavy (non-hydrogen) atoms. The number of fused-ring (bicyclic) bond motifs is 1. The van der Waals surface area contributed by atoms with Gasteiger partial charge in [-0.1, -0.05) is 18.2 Å². The van der Waals surface area contributed by atoms with Gasteiger partial charge in [-0.05, 0) is 35.4 Å². The highest BCUT2D eigenvalue weighted by Crippen LogP contribution is 2.22. The highest BCUT2D eigenvalue weighted by atomic mass is 35.5. The van der Waals surface area contributed by atoms with Gasteiger partial charge in [-0.25, -0.2) is 0 Å². The Morgan fingerprint density at radius 2 is 1.89 bits per heavy atom. The average molecular weight is 263 g/mol. The lowest BCUT2D eigenvalue weighted by Crippen LogP contribution is -1.99. The fourth-order valence-electron chi connectivity index (χ4n) is 1.90. The van der Waals surface area contributed by atoms with Crippen LogP contribution in [0.25, 0.3) is 10.8 Å². The number of Topliss-reactive ketones (excluding diaryl/α,β-unsaturated/α-hetero) is 1. The third-order valence-corrected chi connectivity index (χ3v) is 3.17. The molecular weight excluding hydrogens is 248 g/mol. The van der Waals surface area contributed by atoms with Crippen LogP contribution in [-0.4, -0.2) is 18.8 Å². The summed E-state index contributed by atoms with van der Waals surface area (Å²) in [6.07, 6.45) is 1.23. The number of alkyl halides is 1. The summed E-state index contributed by atoms with van der Waals surface area (Å²) in [5.41, 5.74) is 0.748. The van der Waals surface area contributed by atoms with Gasteiger partial charge >= 0.3 is 0 Å². The molecule has 2 aromatic rings. The van der Waals surface area contributed by atoms with E-state index in [1.165, 1.54) is 0 Å². The fourth-order valence-corrected chi connectivity index (χ4v) is 2.03. The molecule has 0 spiro atoms. The molecule has 2 nitrogen and oxygen atoms in total. The first-order valence-corrected chi connectivity index (χ1v) is 6.45. The van der Waals surface area contributed by atoms with Crippen molar-refractivity contribution in [3.8, 4) is 5.75 Å². The molecule has 0 atom stereocenters. The van der Waals surface area contributed by atoms with E-state index in [1.807, 2.05) is 36.4 Å².